The van der Waals surface area contributed by atoms with Crippen LogP contribution in [0.3, 0.4) is 0 Å². The van der Waals surface area contributed by atoms with Crippen LogP contribution in [0.4, 0.5) is 34.1 Å². The molecule has 0 aliphatic rings. The first-order valence-electron chi connectivity index (χ1n) is 15.1. The summed E-state index contributed by atoms with van der Waals surface area (Å²) in [5.74, 6) is -1.65. The molecule has 276 valence electrons. The van der Waals surface area contributed by atoms with Crippen molar-refractivity contribution in [1.82, 2.24) is 0 Å². The molecule has 0 radical (unpaired) electrons. The summed E-state index contributed by atoms with van der Waals surface area (Å²) < 4.78 is 68.5. The number of fused-ring (bicyclic) bond motifs is 2. The molecule has 0 atom stereocenters. The van der Waals surface area contributed by atoms with Gasteiger partial charge in [-0.2, -0.15) is 10.2 Å². The summed E-state index contributed by atoms with van der Waals surface area (Å²) >= 11 is 0. The minimum absolute atomic E-state index is 0. The van der Waals surface area contributed by atoms with E-state index >= 15 is 0 Å². The molecule has 0 bridgehead atoms. The molecule has 2 N–H and O–H groups in total. The third-order valence-corrected chi connectivity index (χ3v) is 9.47. The Balaban J connectivity index is 0.000000240. The Morgan fingerprint density at radius 2 is 0.891 bits per heavy atom. The molecule has 6 aromatic rings. The second kappa shape index (κ2) is 16.9. The molecule has 55 heavy (non-hydrogen) atoms. The van der Waals surface area contributed by atoms with E-state index in [0.717, 1.165) is 12.1 Å². The number of aryl methyl sites for hydroxylation is 2. The number of nitro benzene ring substituents is 2. The average Bonchev–Trinajstić information content (AvgIpc) is 3.10. The van der Waals surface area contributed by atoms with Crippen LogP contribution in [0, 0.1) is 34.1 Å². The van der Waals surface area contributed by atoms with Gasteiger partial charge >= 0.3 is 37.7 Å². The minimum Gasteiger partial charge on any atom is -0.744 e. The Bertz CT molecular complexity index is 2610. The molecule has 6 rings (SSSR count). The first kappa shape index (κ1) is 42.3. The molecule has 21 heteroatoms. The van der Waals surface area contributed by atoms with E-state index < -0.39 is 51.4 Å². The summed E-state index contributed by atoms with van der Waals surface area (Å²) in [7, 11) is -9.89. The second-order valence-electron chi connectivity index (χ2n) is 11.4. The summed E-state index contributed by atoms with van der Waals surface area (Å²) in [5.41, 5.74) is 0.389. The van der Waals surface area contributed by atoms with Crippen LogP contribution in [0.2, 0.25) is 0 Å². The van der Waals surface area contributed by atoms with Crippen molar-refractivity contribution < 1.29 is 46.0 Å². The van der Waals surface area contributed by atoms with Crippen molar-refractivity contribution in [1.29, 1.82) is 0 Å². The molecule has 0 unspecified atom stereocenters. The predicted octanol–water partition coefficient (Wildman–Crippen LogP) is 7.78. The molecule has 0 amide bonds. The summed E-state index contributed by atoms with van der Waals surface area (Å²) in [6.07, 6.45) is 0. The van der Waals surface area contributed by atoms with E-state index in [-0.39, 0.29) is 71.9 Å². The molecular weight excluding hydrogens is 789 g/mol. The normalized spacial score (nSPS) is 11.7. The Morgan fingerprint density at radius 1 is 0.545 bits per heavy atom. The standard InChI is InChI=1S/2C17H13N3O6S.Ca/c2*1-10-6-7-12(9-14(10)20(22)23)18-19-16-13-5-3-2-4-11(13)8-15(17(16)21)27(24,25)26;/h2*2-9,21H,1H3,(H,24,25,26);/q;;+2/p-2. The number of phenolic OH excluding ortho intramolecular Hbond substituents is 2. The van der Waals surface area contributed by atoms with Crippen LogP contribution in [0.15, 0.2) is 127 Å². The largest absolute Gasteiger partial charge is 2.00 e. The van der Waals surface area contributed by atoms with Crippen molar-refractivity contribution in [3.05, 3.63) is 128 Å². The Kier molecular flexibility index (Phi) is 13.0. The fourth-order valence-corrected chi connectivity index (χ4v) is 6.31. The van der Waals surface area contributed by atoms with Gasteiger partial charge in [0.2, 0.25) is 0 Å². The number of hydrogen-bond acceptors (Lipinski definition) is 16. The summed E-state index contributed by atoms with van der Waals surface area (Å²) in [6, 6.07) is 23.3. The fourth-order valence-electron chi connectivity index (χ4n) is 5.10. The van der Waals surface area contributed by atoms with E-state index in [2.05, 4.69) is 20.5 Å². The summed E-state index contributed by atoms with van der Waals surface area (Å²) in [6.45, 7) is 3.14. The maximum Gasteiger partial charge on any atom is 2.00 e. The van der Waals surface area contributed by atoms with Gasteiger partial charge in [0.25, 0.3) is 11.4 Å². The van der Waals surface area contributed by atoms with Crippen molar-refractivity contribution in [3.63, 3.8) is 0 Å². The zero-order chi connectivity index (χ0) is 39.5. The second-order valence-corrected chi connectivity index (χ2v) is 14.0. The van der Waals surface area contributed by atoms with E-state index in [1.165, 1.54) is 36.4 Å². The van der Waals surface area contributed by atoms with Gasteiger partial charge in [0.15, 0.2) is 11.5 Å². The maximum atomic E-state index is 11.4. The fraction of sp³-hybridized carbons (Fsp3) is 0.0588. The molecule has 0 aromatic heterocycles. The SMILES string of the molecule is Cc1ccc(N=Nc2c(O)c(S(=O)(=O)[O-])cc3ccccc23)cc1[N+](=O)[O-].Cc1ccc(N=Nc2c(O)c(S(=O)(=O)[O-])cc3ccccc23)cc1[N+](=O)[O-].[Ca+2]. The zero-order valence-corrected chi connectivity index (χ0v) is 32.3. The van der Waals surface area contributed by atoms with E-state index in [4.69, 9.17) is 0 Å². The van der Waals surface area contributed by atoms with Crippen molar-refractivity contribution in [2.45, 2.75) is 23.6 Å². The van der Waals surface area contributed by atoms with Crippen molar-refractivity contribution >= 4 is 114 Å². The molecule has 18 nitrogen and oxygen atoms in total. The number of azo groups is 2. The minimum atomic E-state index is -4.94. The summed E-state index contributed by atoms with van der Waals surface area (Å²) in [4.78, 5) is 19.3. The van der Waals surface area contributed by atoms with E-state index in [1.54, 1.807) is 62.4 Å². The summed E-state index contributed by atoms with van der Waals surface area (Å²) in [5, 5.41) is 59.4. The number of aromatic hydroxyl groups is 2. The first-order valence-corrected chi connectivity index (χ1v) is 17.9. The van der Waals surface area contributed by atoms with Crippen LogP contribution >= 0.6 is 0 Å². The van der Waals surface area contributed by atoms with Gasteiger partial charge in [-0.1, -0.05) is 60.7 Å². The van der Waals surface area contributed by atoms with Gasteiger partial charge in [0.1, 0.15) is 31.6 Å². The third-order valence-electron chi connectivity index (χ3n) is 7.77. The number of rotatable bonds is 8. The molecule has 6 aromatic carbocycles. The number of phenols is 2. The molecule has 0 aliphatic heterocycles. The zero-order valence-electron chi connectivity index (χ0n) is 28.4. The molecular formula is C34H24CaN6O12S2. The van der Waals surface area contributed by atoms with Gasteiger partial charge in [0, 0.05) is 34.0 Å². The van der Waals surface area contributed by atoms with Gasteiger partial charge in [-0.05, 0) is 48.9 Å². The molecule has 0 heterocycles. The molecule has 0 aliphatic carbocycles. The number of benzene rings is 6. The quantitative estimate of drug-likeness (QED) is 0.0489. The van der Waals surface area contributed by atoms with Gasteiger partial charge in [-0.3, -0.25) is 20.2 Å². The molecule has 0 fully saturated rings. The van der Waals surface area contributed by atoms with E-state index in [0.29, 0.717) is 32.7 Å². The van der Waals surface area contributed by atoms with Gasteiger partial charge in [-0.25, -0.2) is 16.8 Å². The van der Waals surface area contributed by atoms with Crippen LogP contribution in [0.1, 0.15) is 11.1 Å². The Labute approximate surface area is 341 Å². The van der Waals surface area contributed by atoms with Crippen molar-refractivity contribution in [3.8, 4) is 11.5 Å². The molecule has 0 saturated heterocycles. The predicted molar refractivity (Wildman–Crippen MR) is 197 cm³/mol. The van der Waals surface area contributed by atoms with E-state index in [1.807, 2.05) is 0 Å². The monoisotopic (exact) mass is 812 g/mol. The topological polar surface area (TPSA) is 291 Å². The van der Waals surface area contributed by atoms with Crippen LogP contribution in [-0.4, -0.2) is 83.7 Å². The Hall–Kier alpha value is -5.48. The maximum absolute atomic E-state index is 11.4. The Morgan fingerprint density at radius 3 is 1.22 bits per heavy atom. The molecule has 0 spiro atoms. The first-order chi connectivity index (χ1) is 25.4. The number of hydrogen-bond donors (Lipinski definition) is 2. The number of nitrogens with zero attached hydrogens (tertiary/aromatic N) is 6. The average molecular weight is 813 g/mol. The van der Waals surface area contributed by atoms with Gasteiger partial charge in [-0.15, -0.1) is 10.2 Å². The number of nitro groups is 2. The van der Waals surface area contributed by atoms with Crippen molar-refractivity contribution in [2.75, 3.05) is 0 Å². The van der Waals surface area contributed by atoms with Crippen molar-refractivity contribution in [2.24, 2.45) is 20.5 Å². The van der Waals surface area contributed by atoms with E-state index in [9.17, 15) is 56.4 Å². The van der Waals surface area contributed by atoms with Crippen LogP contribution in [0.5, 0.6) is 11.5 Å². The van der Waals surface area contributed by atoms with Crippen LogP contribution < -0.4 is 0 Å². The van der Waals surface area contributed by atoms with Gasteiger partial charge < -0.3 is 19.3 Å². The molecule has 0 saturated carbocycles. The van der Waals surface area contributed by atoms with Crippen LogP contribution in [-0.2, 0) is 20.2 Å². The third kappa shape index (κ3) is 9.61. The smallest absolute Gasteiger partial charge is 0.744 e. The van der Waals surface area contributed by atoms with Gasteiger partial charge in [0.05, 0.1) is 31.0 Å². The van der Waals surface area contributed by atoms with Crippen LogP contribution in [0.25, 0.3) is 21.5 Å².